The van der Waals surface area contributed by atoms with Crippen molar-refractivity contribution in [3.8, 4) is 11.5 Å². The maximum atomic E-state index is 12.3. The summed E-state index contributed by atoms with van der Waals surface area (Å²) in [4.78, 5) is 24.6. The molecule has 138 valence electrons. The summed E-state index contributed by atoms with van der Waals surface area (Å²) in [6.45, 7) is 5.18. The van der Waals surface area contributed by atoms with Gasteiger partial charge in [-0.15, -0.1) is 0 Å². The van der Waals surface area contributed by atoms with Gasteiger partial charge in [0.15, 0.2) is 18.2 Å². The van der Waals surface area contributed by atoms with Crippen LogP contribution >= 0.6 is 0 Å². The Morgan fingerprint density at radius 2 is 1.69 bits per heavy atom. The van der Waals surface area contributed by atoms with Crippen molar-refractivity contribution >= 4 is 12.0 Å². The molecule has 0 bridgehead atoms. The summed E-state index contributed by atoms with van der Waals surface area (Å²) in [6, 6.07) is 9.04. The van der Waals surface area contributed by atoms with Gasteiger partial charge in [-0.2, -0.15) is 0 Å². The maximum absolute atomic E-state index is 12.3. The summed E-state index contributed by atoms with van der Waals surface area (Å²) in [5.74, 6) is 1.98. The number of ether oxygens (including phenoxy) is 2. The van der Waals surface area contributed by atoms with Gasteiger partial charge in [-0.3, -0.25) is 0 Å². The molecule has 0 saturated carbocycles. The standard InChI is InChI=1S/C18H23N5O3/c1-2-25-15-6-3-4-7-16(15)26-14-21-18(24)23-12-10-22(11-13-23)17-19-8-5-9-20-17/h3-9H,2,10-14H2,1H3,(H,21,24). The van der Waals surface area contributed by atoms with E-state index < -0.39 is 0 Å². The zero-order valence-electron chi connectivity index (χ0n) is 14.8. The monoisotopic (exact) mass is 357 g/mol. The Hall–Kier alpha value is -3.03. The fourth-order valence-electron chi connectivity index (χ4n) is 2.70. The molecule has 1 aromatic carbocycles. The average molecular weight is 357 g/mol. The number of carbonyl (C=O) groups excluding carboxylic acids is 1. The first kappa shape index (κ1) is 17.8. The van der Waals surface area contributed by atoms with E-state index in [2.05, 4.69) is 20.2 Å². The highest BCUT2D eigenvalue weighted by molar-refractivity contribution is 5.74. The SMILES string of the molecule is CCOc1ccccc1OCNC(=O)N1CCN(c2ncccn2)CC1. The minimum atomic E-state index is -0.146. The number of amides is 2. The number of aromatic nitrogens is 2. The summed E-state index contributed by atoms with van der Waals surface area (Å²) in [5.41, 5.74) is 0. The van der Waals surface area contributed by atoms with Crippen molar-refractivity contribution in [1.82, 2.24) is 20.2 Å². The number of anilines is 1. The van der Waals surface area contributed by atoms with Crippen molar-refractivity contribution in [3.63, 3.8) is 0 Å². The van der Waals surface area contributed by atoms with E-state index in [-0.39, 0.29) is 12.8 Å². The quantitative estimate of drug-likeness (QED) is 0.794. The third kappa shape index (κ3) is 4.53. The van der Waals surface area contributed by atoms with E-state index in [0.29, 0.717) is 50.2 Å². The molecule has 0 radical (unpaired) electrons. The lowest BCUT2D eigenvalue weighted by molar-refractivity contribution is 0.179. The van der Waals surface area contributed by atoms with Gasteiger partial charge in [0.05, 0.1) is 6.61 Å². The number of nitrogens with zero attached hydrogens (tertiary/aromatic N) is 4. The number of benzene rings is 1. The van der Waals surface area contributed by atoms with Gasteiger partial charge in [-0.05, 0) is 25.1 Å². The number of nitrogens with one attached hydrogen (secondary N) is 1. The molecule has 1 fully saturated rings. The lowest BCUT2D eigenvalue weighted by atomic mass is 10.3. The van der Waals surface area contributed by atoms with Gasteiger partial charge in [-0.25, -0.2) is 14.8 Å². The predicted octanol–water partition coefficient (Wildman–Crippen LogP) is 1.74. The molecule has 8 nitrogen and oxygen atoms in total. The van der Waals surface area contributed by atoms with Crippen LogP contribution in [0.4, 0.5) is 10.7 Å². The second-order valence-corrected chi connectivity index (χ2v) is 5.67. The predicted molar refractivity (Wildman–Crippen MR) is 97.5 cm³/mol. The second kappa shape index (κ2) is 8.89. The van der Waals surface area contributed by atoms with E-state index in [1.54, 1.807) is 23.4 Å². The van der Waals surface area contributed by atoms with Crippen LogP contribution in [0.25, 0.3) is 0 Å². The van der Waals surface area contributed by atoms with Crippen molar-refractivity contribution < 1.29 is 14.3 Å². The largest absolute Gasteiger partial charge is 0.490 e. The lowest BCUT2D eigenvalue weighted by Crippen LogP contribution is -2.52. The summed E-state index contributed by atoms with van der Waals surface area (Å²) in [6.07, 6.45) is 3.44. The Bertz CT molecular complexity index is 705. The fourth-order valence-corrected chi connectivity index (χ4v) is 2.70. The molecule has 3 rings (SSSR count). The normalized spacial score (nSPS) is 14.0. The van der Waals surface area contributed by atoms with Crippen LogP contribution in [0, 0.1) is 0 Å². The molecule has 0 atom stereocenters. The Labute approximate surface area is 152 Å². The van der Waals surface area contributed by atoms with E-state index in [4.69, 9.17) is 9.47 Å². The molecule has 2 heterocycles. The number of carbonyl (C=O) groups is 1. The van der Waals surface area contributed by atoms with Gasteiger partial charge in [0.2, 0.25) is 5.95 Å². The maximum Gasteiger partial charge on any atom is 0.320 e. The first-order valence-corrected chi connectivity index (χ1v) is 8.67. The Morgan fingerprint density at radius 3 is 2.35 bits per heavy atom. The number of rotatable bonds is 6. The van der Waals surface area contributed by atoms with Crippen molar-refractivity contribution in [2.24, 2.45) is 0 Å². The molecular weight excluding hydrogens is 334 g/mol. The highest BCUT2D eigenvalue weighted by Crippen LogP contribution is 2.25. The number of urea groups is 1. The third-order valence-corrected chi connectivity index (χ3v) is 4.00. The fraction of sp³-hybridized carbons (Fsp3) is 0.389. The molecule has 1 saturated heterocycles. The van der Waals surface area contributed by atoms with E-state index >= 15 is 0 Å². The Balaban J connectivity index is 1.44. The van der Waals surface area contributed by atoms with Crippen molar-refractivity contribution in [1.29, 1.82) is 0 Å². The zero-order valence-corrected chi connectivity index (χ0v) is 14.8. The smallest absolute Gasteiger partial charge is 0.320 e. The topological polar surface area (TPSA) is 79.8 Å². The molecule has 1 aromatic heterocycles. The van der Waals surface area contributed by atoms with Crippen LogP contribution in [-0.2, 0) is 0 Å². The first-order valence-electron chi connectivity index (χ1n) is 8.67. The van der Waals surface area contributed by atoms with Gasteiger partial charge < -0.3 is 24.6 Å². The van der Waals surface area contributed by atoms with Gasteiger partial charge in [0.1, 0.15) is 0 Å². The number of piperazine rings is 1. The van der Waals surface area contributed by atoms with Crippen LogP contribution in [0.3, 0.4) is 0 Å². The van der Waals surface area contributed by atoms with Gasteiger partial charge in [0.25, 0.3) is 0 Å². The van der Waals surface area contributed by atoms with Crippen LogP contribution in [0.15, 0.2) is 42.7 Å². The molecule has 1 N–H and O–H groups in total. The van der Waals surface area contributed by atoms with E-state index in [9.17, 15) is 4.79 Å². The summed E-state index contributed by atoms with van der Waals surface area (Å²) in [7, 11) is 0. The molecule has 0 unspecified atom stereocenters. The number of para-hydroxylation sites is 2. The van der Waals surface area contributed by atoms with Crippen molar-refractivity contribution in [2.75, 3.05) is 44.4 Å². The zero-order chi connectivity index (χ0) is 18.2. The van der Waals surface area contributed by atoms with Crippen molar-refractivity contribution in [3.05, 3.63) is 42.7 Å². The van der Waals surface area contributed by atoms with Gasteiger partial charge in [-0.1, -0.05) is 12.1 Å². The third-order valence-electron chi connectivity index (χ3n) is 4.00. The van der Waals surface area contributed by atoms with E-state index in [1.165, 1.54) is 0 Å². The molecule has 26 heavy (non-hydrogen) atoms. The van der Waals surface area contributed by atoms with Crippen LogP contribution in [-0.4, -0.2) is 60.4 Å². The Morgan fingerprint density at radius 1 is 1.04 bits per heavy atom. The molecule has 2 aromatic rings. The lowest BCUT2D eigenvalue weighted by Gasteiger charge is -2.34. The van der Waals surface area contributed by atoms with Gasteiger partial charge >= 0.3 is 6.03 Å². The highest BCUT2D eigenvalue weighted by atomic mass is 16.5. The highest BCUT2D eigenvalue weighted by Gasteiger charge is 2.22. The van der Waals surface area contributed by atoms with Crippen LogP contribution in [0.1, 0.15) is 6.92 Å². The molecule has 8 heteroatoms. The molecule has 1 aliphatic heterocycles. The van der Waals surface area contributed by atoms with Crippen LogP contribution in [0.5, 0.6) is 11.5 Å². The van der Waals surface area contributed by atoms with Crippen molar-refractivity contribution in [2.45, 2.75) is 6.92 Å². The van der Waals surface area contributed by atoms with Crippen LogP contribution in [0.2, 0.25) is 0 Å². The molecular formula is C18H23N5O3. The minimum Gasteiger partial charge on any atom is -0.490 e. The number of hydrogen-bond acceptors (Lipinski definition) is 6. The van der Waals surface area contributed by atoms with E-state index in [1.807, 2.05) is 31.2 Å². The summed E-state index contributed by atoms with van der Waals surface area (Å²) in [5, 5.41) is 2.78. The molecule has 0 spiro atoms. The number of hydrogen-bond donors (Lipinski definition) is 1. The molecule has 2 amide bonds. The first-order chi connectivity index (χ1) is 12.8. The minimum absolute atomic E-state index is 0.0882. The second-order valence-electron chi connectivity index (χ2n) is 5.67. The average Bonchev–Trinajstić information content (AvgIpc) is 2.70. The summed E-state index contributed by atoms with van der Waals surface area (Å²) >= 11 is 0. The molecule has 0 aliphatic carbocycles. The summed E-state index contributed by atoms with van der Waals surface area (Å²) < 4.78 is 11.1. The van der Waals surface area contributed by atoms with Gasteiger partial charge in [0, 0.05) is 38.6 Å². The van der Waals surface area contributed by atoms with E-state index in [0.717, 1.165) is 0 Å². The Kier molecular flexibility index (Phi) is 6.08. The molecule has 1 aliphatic rings. The van der Waals surface area contributed by atoms with Crippen LogP contribution < -0.4 is 19.7 Å².